The van der Waals surface area contributed by atoms with Crippen LogP contribution in [0.1, 0.15) is 30.7 Å². The molecular weight excluding hydrogens is 372 g/mol. The summed E-state index contributed by atoms with van der Waals surface area (Å²) in [5.41, 5.74) is 1.52. The third-order valence-corrected chi connectivity index (χ3v) is 6.48. The number of hydrogen-bond donors (Lipinski definition) is 1. The maximum atomic E-state index is 12.9. The zero-order valence-electron chi connectivity index (χ0n) is 15.9. The Morgan fingerprint density at radius 3 is 2.57 bits per heavy atom. The van der Waals surface area contributed by atoms with Crippen LogP contribution in [0.25, 0.3) is 10.8 Å². The van der Waals surface area contributed by atoms with E-state index in [1.54, 1.807) is 12.1 Å². The predicted octanol–water partition coefficient (Wildman–Crippen LogP) is 3.41. The highest BCUT2D eigenvalue weighted by molar-refractivity contribution is 7.89. The zero-order chi connectivity index (χ0) is 19.6. The van der Waals surface area contributed by atoms with Crippen LogP contribution in [0.5, 0.6) is 0 Å². The molecule has 1 fully saturated rings. The van der Waals surface area contributed by atoms with E-state index >= 15 is 0 Å². The number of anilines is 1. The van der Waals surface area contributed by atoms with Gasteiger partial charge in [-0.1, -0.05) is 36.4 Å². The summed E-state index contributed by atoms with van der Waals surface area (Å²) in [6, 6.07) is 14.6. The quantitative estimate of drug-likeness (QED) is 0.715. The van der Waals surface area contributed by atoms with Crippen molar-refractivity contribution in [1.29, 1.82) is 0 Å². The number of sulfonamides is 1. The van der Waals surface area contributed by atoms with Crippen LogP contribution in [-0.4, -0.2) is 31.5 Å². The second-order valence-electron chi connectivity index (χ2n) is 7.15. The monoisotopic (exact) mass is 396 g/mol. The number of benzene rings is 2. The van der Waals surface area contributed by atoms with E-state index in [0.717, 1.165) is 37.0 Å². The maximum absolute atomic E-state index is 12.9. The fourth-order valence-corrected chi connectivity index (χ4v) is 4.85. The van der Waals surface area contributed by atoms with Crippen molar-refractivity contribution in [2.45, 2.75) is 37.6 Å². The van der Waals surface area contributed by atoms with Gasteiger partial charge in [-0.15, -0.1) is 0 Å². The Morgan fingerprint density at radius 2 is 1.75 bits per heavy atom. The van der Waals surface area contributed by atoms with Gasteiger partial charge in [-0.3, -0.25) is 0 Å². The highest BCUT2D eigenvalue weighted by Crippen LogP contribution is 2.23. The third-order valence-electron chi connectivity index (χ3n) is 5.02. The van der Waals surface area contributed by atoms with Gasteiger partial charge in [-0.05, 0) is 43.7 Å². The van der Waals surface area contributed by atoms with Gasteiger partial charge in [0.25, 0.3) is 0 Å². The molecule has 1 saturated heterocycles. The minimum absolute atomic E-state index is 0.135. The Morgan fingerprint density at radius 1 is 1.00 bits per heavy atom. The standard InChI is InChI=1S/C21H24N4O2S/c1-16-14-18(24-21(23-16)25-12-5-2-6-13-25)15-22-28(26,27)20-11-7-9-17-8-3-4-10-19(17)20/h3-4,7-11,14,22H,2,5-6,12-13,15H2,1H3. The number of aromatic nitrogens is 2. The Labute approximate surface area is 165 Å². The van der Waals surface area contributed by atoms with E-state index in [-0.39, 0.29) is 11.4 Å². The summed E-state index contributed by atoms with van der Waals surface area (Å²) in [5.74, 6) is 0.694. The molecular formula is C21H24N4O2S. The molecule has 2 aromatic carbocycles. The molecule has 7 heteroatoms. The van der Waals surface area contributed by atoms with E-state index < -0.39 is 10.0 Å². The molecule has 1 aliphatic rings. The molecule has 0 atom stereocenters. The van der Waals surface area contributed by atoms with Crippen LogP contribution in [0, 0.1) is 6.92 Å². The summed E-state index contributed by atoms with van der Waals surface area (Å²) in [6.45, 7) is 3.95. The Balaban J connectivity index is 1.57. The molecule has 1 aliphatic heterocycles. The van der Waals surface area contributed by atoms with E-state index in [0.29, 0.717) is 17.0 Å². The highest BCUT2D eigenvalue weighted by Gasteiger charge is 2.19. The molecule has 2 heterocycles. The highest BCUT2D eigenvalue weighted by atomic mass is 32.2. The van der Waals surface area contributed by atoms with Crippen LogP contribution in [0.3, 0.4) is 0 Å². The third kappa shape index (κ3) is 4.00. The van der Waals surface area contributed by atoms with Gasteiger partial charge < -0.3 is 4.90 Å². The van der Waals surface area contributed by atoms with Crippen molar-refractivity contribution < 1.29 is 8.42 Å². The van der Waals surface area contributed by atoms with Crippen LogP contribution in [0.4, 0.5) is 5.95 Å². The minimum Gasteiger partial charge on any atom is -0.341 e. The van der Waals surface area contributed by atoms with Crippen molar-refractivity contribution in [3.05, 3.63) is 59.9 Å². The average molecular weight is 397 g/mol. The molecule has 0 saturated carbocycles. The van der Waals surface area contributed by atoms with Crippen LogP contribution in [0.15, 0.2) is 53.4 Å². The molecule has 4 rings (SSSR count). The first kappa shape index (κ1) is 18.8. The van der Waals surface area contributed by atoms with Gasteiger partial charge in [0.1, 0.15) is 0 Å². The Hall–Kier alpha value is -2.51. The van der Waals surface area contributed by atoms with Gasteiger partial charge in [0.15, 0.2) is 0 Å². The zero-order valence-corrected chi connectivity index (χ0v) is 16.7. The fraction of sp³-hybridized carbons (Fsp3) is 0.333. The second-order valence-corrected chi connectivity index (χ2v) is 8.89. The Kier molecular flexibility index (Phi) is 5.28. The number of fused-ring (bicyclic) bond motifs is 1. The van der Waals surface area contributed by atoms with Crippen molar-refractivity contribution in [1.82, 2.24) is 14.7 Å². The number of hydrogen-bond acceptors (Lipinski definition) is 5. The molecule has 1 aromatic heterocycles. The van der Waals surface area contributed by atoms with Crippen LogP contribution >= 0.6 is 0 Å². The van der Waals surface area contributed by atoms with Gasteiger partial charge >= 0.3 is 0 Å². The lowest BCUT2D eigenvalue weighted by atomic mass is 10.1. The normalized spacial score (nSPS) is 15.1. The lowest BCUT2D eigenvalue weighted by molar-refractivity contribution is 0.565. The van der Waals surface area contributed by atoms with E-state index in [9.17, 15) is 8.42 Å². The molecule has 3 aromatic rings. The van der Waals surface area contributed by atoms with E-state index in [4.69, 9.17) is 0 Å². The number of nitrogens with zero attached hydrogens (tertiary/aromatic N) is 3. The summed E-state index contributed by atoms with van der Waals surface area (Å²) in [4.78, 5) is 11.6. The number of rotatable bonds is 5. The van der Waals surface area contributed by atoms with E-state index in [1.165, 1.54) is 6.42 Å². The number of piperidine rings is 1. The topological polar surface area (TPSA) is 75.2 Å². The lowest BCUT2D eigenvalue weighted by Gasteiger charge is -2.27. The molecule has 0 unspecified atom stereocenters. The molecule has 0 aliphatic carbocycles. The van der Waals surface area contributed by atoms with E-state index in [2.05, 4.69) is 19.6 Å². The smallest absolute Gasteiger partial charge is 0.241 e. The number of aryl methyl sites for hydroxylation is 1. The lowest BCUT2D eigenvalue weighted by Crippen LogP contribution is -2.32. The SMILES string of the molecule is Cc1cc(CNS(=O)(=O)c2cccc3ccccc23)nc(N2CCCCC2)n1. The van der Waals surface area contributed by atoms with Gasteiger partial charge in [-0.2, -0.15) is 0 Å². The molecule has 0 radical (unpaired) electrons. The van der Waals surface area contributed by atoms with Crippen molar-refractivity contribution in [2.24, 2.45) is 0 Å². The summed E-state index contributed by atoms with van der Waals surface area (Å²) in [7, 11) is -3.66. The summed E-state index contributed by atoms with van der Waals surface area (Å²) in [5, 5.41) is 1.61. The summed E-state index contributed by atoms with van der Waals surface area (Å²) >= 11 is 0. The van der Waals surface area contributed by atoms with Crippen LogP contribution in [-0.2, 0) is 16.6 Å². The molecule has 0 bridgehead atoms. The minimum atomic E-state index is -3.66. The van der Waals surface area contributed by atoms with Crippen LogP contribution in [0.2, 0.25) is 0 Å². The predicted molar refractivity (Wildman–Crippen MR) is 111 cm³/mol. The first-order valence-electron chi connectivity index (χ1n) is 9.60. The summed E-state index contributed by atoms with van der Waals surface area (Å²) < 4.78 is 28.6. The van der Waals surface area contributed by atoms with Crippen molar-refractivity contribution >= 4 is 26.7 Å². The first-order chi connectivity index (χ1) is 13.5. The molecule has 6 nitrogen and oxygen atoms in total. The molecule has 28 heavy (non-hydrogen) atoms. The van der Waals surface area contributed by atoms with Gasteiger partial charge in [0, 0.05) is 24.2 Å². The maximum Gasteiger partial charge on any atom is 0.241 e. The largest absolute Gasteiger partial charge is 0.341 e. The van der Waals surface area contributed by atoms with E-state index in [1.807, 2.05) is 43.3 Å². The molecule has 0 amide bonds. The van der Waals surface area contributed by atoms with Crippen molar-refractivity contribution in [3.8, 4) is 0 Å². The molecule has 1 N–H and O–H groups in total. The fourth-order valence-electron chi connectivity index (χ4n) is 3.62. The molecule has 0 spiro atoms. The van der Waals surface area contributed by atoms with Crippen LogP contribution < -0.4 is 9.62 Å². The van der Waals surface area contributed by atoms with Gasteiger partial charge in [0.2, 0.25) is 16.0 Å². The average Bonchev–Trinajstić information content (AvgIpc) is 2.72. The second kappa shape index (κ2) is 7.85. The van der Waals surface area contributed by atoms with Crippen molar-refractivity contribution in [2.75, 3.05) is 18.0 Å². The first-order valence-corrected chi connectivity index (χ1v) is 11.1. The van der Waals surface area contributed by atoms with Crippen molar-refractivity contribution in [3.63, 3.8) is 0 Å². The number of nitrogens with one attached hydrogen (secondary N) is 1. The molecule has 146 valence electrons. The Bertz CT molecular complexity index is 1090. The van der Waals surface area contributed by atoms with Gasteiger partial charge in [0.05, 0.1) is 17.1 Å². The van der Waals surface area contributed by atoms with Gasteiger partial charge in [-0.25, -0.2) is 23.1 Å². The summed E-state index contributed by atoms with van der Waals surface area (Å²) in [6.07, 6.45) is 3.51.